The molecule has 0 unspecified atom stereocenters. The van der Waals surface area contributed by atoms with E-state index in [1.807, 2.05) is 0 Å². The van der Waals surface area contributed by atoms with Gasteiger partial charge in [0.15, 0.2) is 0 Å². The van der Waals surface area contributed by atoms with E-state index in [1.165, 1.54) is 12.8 Å². The van der Waals surface area contributed by atoms with Crippen molar-refractivity contribution in [1.29, 1.82) is 0 Å². The van der Waals surface area contributed by atoms with E-state index in [4.69, 9.17) is 11.5 Å². The molecule has 4 N–H and O–H groups in total. The molecule has 1 aliphatic rings. The number of anilines is 2. The summed E-state index contributed by atoms with van der Waals surface area (Å²) in [6, 6.07) is 0. The number of hydrogen-bond acceptors (Lipinski definition) is 4. The van der Waals surface area contributed by atoms with Crippen molar-refractivity contribution in [2.45, 2.75) is 25.7 Å². The molecular formula is C8H12N4. The SMILES string of the molecule is Nc1nnc(N)c2c1CCCC2. The first-order valence-corrected chi connectivity index (χ1v) is 4.18. The molecule has 1 heterocycles. The van der Waals surface area contributed by atoms with Crippen molar-refractivity contribution in [3.05, 3.63) is 11.1 Å². The molecule has 0 amide bonds. The van der Waals surface area contributed by atoms with Gasteiger partial charge in [0.05, 0.1) is 0 Å². The number of fused-ring (bicyclic) bond motifs is 1. The smallest absolute Gasteiger partial charge is 0.149 e. The van der Waals surface area contributed by atoms with Crippen molar-refractivity contribution in [1.82, 2.24) is 10.2 Å². The van der Waals surface area contributed by atoms with Gasteiger partial charge in [-0.15, -0.1) is 10.2 Å². The van der Waals surface area contributed by atoms with E-state index >= 15 is 0 Å². The van der Waals surface area contributed by atoms with Crippen LogP contribution in [-0.2, 0) is 12.8 Å². The Balaban J connectivity index is 2.57. The fourth-order valence-corrected chi connectivity index (χ4v) is 1.70. The first-order valence-electron chi connectivity index (χ1n) is 4.18. The first kappa shape index (κ1) is 7.34. The van der Waals surface area contributed by atoms with Crippen LogP contribution in [0, 0.1) is 0 Å². The highest BCUT2D eigenvalue weighted by Gasteiger charge is 2.16. The molecule has 0 saturated heterocycles. The lowest BCUT2D eigenvalue weighted by Gasteiger charge is -2.17. The summed E-state index contributed by atoms with van der Waals surface area (Å²) in [6.45, 7) is 0. The third kappa shape index (κ3) is 0.995. The zero-order chi connectivity index (χ0) is 8.55. The van der Waals surface area contributed by atoms with Crippen LogP contribution in [0.15, 0.2) is 0 Å². The van der Waals surface area contributed by atoms with E-state index in [0.717, 1.165) is 24.0 Å². The summed E-state index contributed by atoms with van der Waals surface area (Å²) in [5.74, 6) is 1.11. The Labute approximate surface area is 71.0 Å². The monoisotopic (exact) mass is 164 g/mol. The third-order valence-corrected chi connectivity index (χ3v) is 2.35. The average Bonchev–Trinajstić information content (AvgIpc) is 2.12. The van der Waals surface area contributed by atoms with Crippen LogP contribution in [0.2, 0.25) is 0 Å². The van der Waals surface area contributed by atoms with E-state index in [0.29, 0.717) is 11.6 Å². The molecule has 1 aromatic heterocycles. The summed E-state index contributed by atoms with van der Waals surface area (Å²) < 4.78 is 0. The molecule has 4 heteroatoms. The molecule has 1 aliphatic carbocycles. The fraction of sp³-hybridized carbons (Fsp3) is 0.500. The van der Waals surface area contributed by atoms with Crippen molar-refractivity contribution in [3.8, 4) is 0 Å². The molecule has 0 radical (unpaired) electrons. The van der Waals surface area contributed by atoms with Gasteiger partial charge in [0, 0.05) is 11.1 Å². The Bertz CT molecular complexity index is 277. The summed E-state index contributed by atoms with van der Waals surface area (Å²) >= 11 is 0. The van der Waals surface area contributed by atoms with Gasteiger partial charge in [-0.05, 0) is 25.7 Å². The second-order valence-corrected chi connectivity index (χ2v) is 3.13. The number of hydrogen-bond donors (Lipinski definition) is 2. The minimum Gasteiger partial charge on any atom is -0.382 e. The van der Waals surface area contributed by atoms with Gasteiger partial charge in [-0.25, -0.2) is 0 Å². The topological polar surface area (TPSA) is 77.8 Å². The average molecular weight is 164 g/mol. The van der Waals surface area contributed by atoms with E-state index < -0.39 is 0 Å². The van der Waals surface area contributed by atoms with Gasteiger partial charge in [-0.1, -0.05) is 0 Å². The maximum atomic E-state index is 5.68. The quantitative estimate of drug-likeness (QED) is 0.586. The molecule has 0 fully saturated rings. The van der Waals surface area contributed by atoms with Gasteiger partial charge >= 0.3 is 0 Å². The Kier molecular flexibility index (Phi) is 1.60. The summed E-state index contributed by atoms with van der Waals surface area (Å²) in [7, 11) is 0. The van der Waals surface area contributed by atoms with Crippen molar-refractivity contribution in [2.75, 3.05) is 11.5 Å². The maximum absolute atomic E-state index is 5.68. The molecule has 0 bridgehead atoms. The van der Waals surface area contributed by atoms with Crippen LogP contribution in [0.1, 0.15) is 24.0 Å². The molecule has 0 saturated carbocycles. The second-order valence-electron chi connectivity index (χ2n) is 3.13. The van der Waals surface area contributed by atoms with E-state index in [9.17, 15) is 0 Å². The number of nitrogen functional groups attached to an aromatic ring is 2. The van der Waals surface area contributed by atoms with Gasteiger partial charge in [-0.2, -0.15) is 0 Å². The van der Waals surface area contributed by atoms with E-state index in [1.54, 1.807) is 0 Å². The molecule has 4 nitrogen and oxygen atoms in total. The van der Waals surface area contributed by atoms with E-state index in [-0.39, 0.29) is 0 Å². The van der Waals surface area contributed by atoms with Crippen molar-refractivity contribution in [3.63, 3.8) is 0 Å². The Morgan fingerprint density at radius 2 is 1.25 bits per heavy atom. The maximum Gasteiger partial charge on any atom is 0.149 e. The molecule has 1 aromatic rings. The summed E-state index contributed by atoms with van der Waals surface area (Å²) in [6.07, 6.45) is 4.37. The van der Waals surface area contributed by atoms with Crippen molar-refractivity contribution >= 4 is 11.6 Å². The van der Waals surface area contributed by atoms with Crippen LogP contribution >= 0.6 is 0 Å². The van der Waals surface area contributed by atoms with Crippen LogP contribution in [-0.4, -0.2) is 10.2 Å². The summed E-state index contributed by atoms with van der Waals surface area (Å²) in [5.41, 5.74) is 13.6. The predicted octanol–water partition coefficient (Wildman–Crippen LogP) is 0.520. The molecule has 0 spiro atoms. The Morgan fingerprint density at radius 3 is 1.67 bits per heavy atom. The van der Waals surface area contributed by atoms with Crippen LogP contribution in [0.3, 0.4) is 0 Å². The minimum absolute atomic E-state index is 0.555. The number of aromatic nitrogens is 2. The molecule has 64 valence electrons. The van der Waals surface area contributed by atoms with Crippen LogP contribution in [0.5, 0.6) is 0 Å². The Hall–Kier alpha value is -1.32. The highest BCUT2D eigenvalue weighted by atomic mass is 15.2. The third-order valence-electron chi connectivity index (χ3n) is 2.35. The molecule has 12 heavy (non-hydrogen) atoms. The van der Waals surface area contributed by atoms with Crippen LogP contribution in [0.25, 0.3) is 0 Å². The fourth-order valence-electron chi connectivity index (χ4n) is 1.70. The molecule has 0 atom stereocenters. The Morgan fingerprint density at radius 1 is 0.833 bits per heavy atom. The van der Waals surface area contributed by atoms with Gasteiger partial charge in [0.25, 0.3) is 0 Å². The summed E-state index contributed by atoms with van der Waals surface area (Å²) in [4.78, 5) is 0. The lowest BCUT2D eigenvalue weighted by Crippen LogP contribution is -2.12. The highest BCUT2D eigenvalue weighted by Crippen LogP contribution is 2.27. The zero-order valence-electron chi connectivity index (χ0n) is 6.88. The number of nitrogens with zero attached hydrogens (tertiary/aromatic N) is 2. The molecule has 0 aliphatic heterocycles. The van der Waals surface area contributed by atoms with Gasteiger partial charge in [0.1, 0.15) is 11.6 Å². The largest absolute Gasteiger partial charge is 0.382 e. The lowest BCUT2D eigenvalue weighted by atomic mass is 9.93. The zero-order valence-corrected chi connectivity index (χ0v) is 6.88. The number of rotatable bonds is 0. The highest BCUT2D eigenvalue weighted by molar-refractivity contribution is 5.53. The summed E-state index contributed by atoms with van der Waals surface area (Å²) in [5, 5.41) is 7.59. The van der Waals surface area contributed by atoms with Gasteiger partial charge in [-0.3, -0.25) is 0 Å². The predicted molar refractivity (Wildman–Crippen MR) is 47.5 cm³/mol. The van der Waals surface area contributed by atoms with Crippen molar-refractivity contribution < 1.29 is 0 Å². The normalized spacial score (nSPS) is 15.7. The molecule has 0 aromatic carbocycles. The van der Waals surface area contributed by atoms with Gasteiger partial charge in [0.2, 0.25) is 0 Å². The molecule has 2 rings (SSSR count). The number of nitrogens with two attached hydrogens (primary N) is 2. The lowest BCUT2D eigenvalue weighted by molar-refractivity contribution is 0.680. The standard InChI is InChI=1S/C8H12N4/c9-7-5-3-1-2-4-6(5)8(10)12-11-7/h1-4H2,(H2,9,11)(H2,10,12). The van der Waals surface area contributed by atoms with Crippen molar-refractivity contribution in [2.24, 2.45) is 0 Å². The van der Waals surface area contributed by atoms with E-state index in [2.05, 4.69) is 10.2 Å². The minimum atomic E-state index is 0.555. The molecular weight excluding hydrogens is 152 g/mol. The first-order chi connectivity index (χ1) is 5.79. The van der Waals surface area contributed by atoms with Crippen LogP contribution in [0.4, 0.5) is 11.6 Å². The van der Waals surface area contributed by atoms with Crippen LogP contribution < -0.4 is 11.5 Å². The van der Waals surface area contributed by atoms with Gasteiger partial charge < -0.3 is 11.5 Å². The second kappa shape index (κ2) is 2.62.